The van der Waals surface area contributed by atoms with Gasteiger partial charge in [-0.05, 0) is 36.5 Å². The molecular formula is C16H22F3N. The molecule has 0 spiro atoms. The minimum Gasteiger partial charge on any atom is -0.310 e. The minimum atomic E-state index is -4.25. The van der Waals surface area contributed by atoms with Gasteiger partial charge in [-0.1, -0.05) is 38.3 Å². The van der Waals surface area contributed by atoms with E-state index in [1.807, 2.05) is 0 Å². The van der Waals surface area contributed by atoms with Gasteiger partial charge in [0.1, 0.15) is 0 Å². The molecule has 0 radical (unpaired) electrons. The van der Waals surface area contributed by atoms with Gasteiger partial charge in [0.05, 0.1) is 5.56 Å². The topological polar surface area (TPSA) is 12.0 Å². The van der Waals surface area contributed by atoms with E-state index in [9.17, 15) is 13.2 Å². The van der Waals surface area contributed by atoms with Gasteiger partial charge in [-0.2, -0.15) is 13.2 Å². The zero-order chi connectivity index (χ0) is 14.6. The fraction of sp³-hybridized carbons (Fsp3) is 0.625. The van der Waals surface area contributed by atoms with Crippen LogP contribution in [0.5, 0.6) is 0 Å². The van der Waals surface area contributed by atoms with Crippen LogP contribution in [0.3, 0.4) is 0 Å². The highest BCUT2D eigenvalue weighted by molar-refractivity contribution is 5.24. The second-order valence-electron chi connectivity index (χ2n) is 5.80. The number of hydrogen-bond donors (Lipinski definition) is 1. The first-order chi connectivity index (χ1) is 9.47. The highest BCUT2D eigenvalue weighted by atomic mass is 19.4. The number of alkyl halides is 3. The predicted molar refractivity (Wildman–Crippen MR) is 74.3 cm³/mol. The predicted octanol–water partition coefficient (Wildman–Crippen LogP) is 4.76. The molecule has 0 amide bonds. The molecule has 112 valence electrons. The van der Waals surface area contributed by atoms with Gasteiger partial charge in [-0.25, -0.2) is 0 Å². The fourth-order valence-electron chi connectivity index (χ4n) is 2.86. The lowest BCUT2D eigenvalue weighted by atomic mass is 9.96. The Hall–Kier alpha value is -1.03. The van der Waals surface area contributed by atoms with E-state index in [2.05, 4.69) is 12.2 Å². The van der Waals surface area contributed by atoms with Crippen LogP contribution in [0.2, 0.25) is 0 Å². The van der Waals surface area contributed by atoms with Crippen LogP contribution in [0.15, 0.2) is 24.3 Å². The van der Waals surface area contributed by atoms with E-state index in [1.54, 1.807) is 12.1 Å². The molecule has 0 heterocycles. The normalized spacial score (nSPS) is 24.4. The third-order valence-electron chi connectivity index (χ3n) is 4.21. The molecule has 20 heavy (non-hydrogen) atoms. The quantitative estimate of drug-likeness (QED) is 0.789. The molecule has 1 saturated carbocycles. The van der Waals surface area contributed by atoms with E-state index in [-0.39, 0.29) is 0 Å². The maximum atomic E-state index is 12.5. The van der Waals surface area contributed by atoms with Crippen molar-refractivity contribution in [1.82, 2.24) is 5.32 Å². The Kier molecular flexibility index (Phi) is 5.08. The maximum Gasteiger partial charge on any atom is 0.416 e. The Balaban J connectivity index is 1.90. The van der Waals surface area contributed by atoms with Crippen molar-refractivity contribution in [3.63, 3.8) is 0 Å². The summed E-state index contributed by atoms with van der Waals surface area (Å²) in [4.78, 5) is 0. The van der Waals surface area contributed by atoms with Crippen molar-refractivity contribution in [3.05, 3.63) is 35.4 Å². The van der Waals surface area contributed by atoms with Gasteiger partial charge in [0, 0.05) is 12.6 Å². The van der Waals surface area contributed by atoms with Crippen molar-refractivity contribution in [2.24, 2.45) is 5.92 Å². The van der Waals surface area contributed by atoms with Crippen molar-refractivity contribution in [1.29, 1.82) is 0 Å². The fourth-order valence-corrected chi connectivity index (χ4v) is 2.86. The maximum absolute atomic E-state index is 12.5. The molecule has 1 N–H and O–H groups in total. The van der Waals surface area contributed by atoms with E-state index in [1.165, 1.54) is 32.1 Å². The van der Waals surface area contributed by atoms with E-state index >= 15 is 0 Å². The highest BCUT2D eigenvalue weighted by Gasteiger charge is 2.29. The van der Waals surface area contributed by atoms with Crippen LogP contribution in [0.1, 0.15) is 50.2 Å². The van der Waals surface area contributed by atoms with E-state index < -0.39 is 11.7 Å². The Morgan fingerprint density at radius 1 is 1.05 bits per heavy atom. The second-order valence-corrected chi connectivity index (χ2v) is 5.80. The highest BCUT2D eigenvalue weighted by Crippen LogP contribution is 2.29. The molecule has 4 heteroatoms. The average molecular weight is 285 g/mol. The molecule has 0 bridgehead atoms. The summed E-state index contributed by atoms with van der Waals surface area (Å²) in [5, 5.41) is 3.50. The Labute approximate surface area is 118 Å². The smallest absolute Gasteiger partial charge is 0.310 e. The number of benzene rings is 1. The van der Waals surface area contributed by atoms with Crippen LogP contribution in [-0.4, -0.2) is 6.04 Å². The lowest BCUT2D eigenvalue weighted by Gasteiger charge is -2.23. The summed E-state index contributed by atoms with van der Waals surface area (Å²) in [6.45, 7) is 2.91. The molecule has 0 aliphatic heterocycles. The monoisotopic (exact) mass is 285 g/mol. The van der Waals surface area contributed by atoms with Gasteiger partial charge in [0.25, 0.3) is 0 Å². The Morgan fingerprint density at radius 2 is 1.70 bits per heavy atom. The molecule has 0 saturated heterocycles. The number of hydrogen-bond acceptors (Lipinski definition) is 1. The number of nitrogens with one attached hydrogen (secondary N) is 1. The SMILES string of the molecule is CC1CCCCCC1NCc1ccc(C(F)(F)F)cc1. The van der Waals surface area contributed by atoms with Crippen LogP contribution < -0.4 is 5.32 Å². The molecule has 1 aliphatic carbocycles. The van der Waals surface area contributed by atoms with Gasteiger partial charge >= 0.3 is 6.18 Å². The molecule has 1 aromatic carbocycles. The van der Waals surface area contributed by atoms with Crippen molar-refractivity contribution in [2.75, 3.05) is 0 Å². The van der Waals surface area contributed by atoms with Crippen molar-refractivity contribution < 1.29 is 13.2 Å². The molecular weight excluding hydrogens is 263 g/mol. The Morgan fingerprint density at radius 3 is 2.35 bits per heavy atom. The lowest BCUT2D eigenvalue weighted by molar-refractivity contribution is -0.137. The molecule has 2 rings (SSSR count). The zero-order valence-electron chi connectivity index (χ0n) is 11.8. The summed E-state index contributed by atoms with van der Waals surface area (Å²) in [5.74, 6) is 0.645. The molecule has 1 aromatic rings. The van der Waals surface area contributed by atoms with E-state index in [0.29, 0.717) is 18.5 Å². The first-order valence-corrected chi connectivity index (χ1v) is 7.36. The summed E-state index contributed by atoms with van der Waals surface area (Å²) >= 11 is 0. The third kappa shape index (κ3) is 4.23. The number of rotatable bonds is 3. The lowest BCUT2D eigenvalue weighted by Crippen LogP contribution is -2.33. The van der Waals surface area contributed by atoms with E-state index in [0.717, 1.165) is 17.7 Å². The summed E-state index contributed by atoms with van der Waals surface area (Å²) in [7, 11) is 0. The summed E-state index contributed by atoms with van der Waals surface area (Å²) in [6.07, 6.45) is 1.99. The van der Waals surface area contributed by atoms with Gasteiger partial charge in [-0.15, -0.1) is 0 Å². The molecule has 2 unspecified atom stereocenters. The summed E-state index contributed by atoms with van der Waals surface area (Å²) < 4.78 is 37.4. The molecule has 1 fully saturated rings. The van der Waals surface area contributed by atoms with Crippen molar-refractivity contribution in [3.8, 4) is 0 Å². The van der Waals surface area contributed by atoms with Gasteiger partial charge < -0.3 is 5.32 Å². The van der Waals surface area contributed by atoms with Gasteiger partial charge in [0.15, 0.2) is 0 Å². The van der Waals surface area contributed by atoms with Crippen molar-refractivity contribution >= 4 is 0 Å². The average Bonchev–Trinajstić information content (AvgIpc) is 2.61. The minimum absolute atomic E-state index is 0.486. The molecule has 1 aliphatic rings. The van der Waals surface area contributed by atoms with Gasteiger partial charge in [0.2, 0.25) is 0 Å². The van der Waals surface area contributed by atoms with Crippen LogP contribution in [-0.2, 0) is 12.7 Å². The number of halogens is 3. The third-order valence-corrected chi connectivity index (χ3v) is 4.21. The summed E-state index contributed by atoms with van der Waals surface area (Å²) in [6, 6.07) is 5.94. The van der Waals surface area contributed by atoms with E-state index in [4.69, 9.17) is 0 Å². The van der Waals surface area contributed by atoms with Gasteiger partial charge in [-0.3, -0.25) is 0 Å². The zero-order valence-corrected chi connectivity index (χ0v) is 11.8. The second kappa shape index (κ2) is 6.61. The summed E-state index contributed by atoms with van der Waals surface area (Å²) in [5.41, 5.74) is 0.332. The first kappa shape index (κ1) is 15.4. The standard InChI is InChI=1S/C16H22F3N/c1-12-5-3-2-4-6-15(12)20-11-13-7-9-14(10-8-13)16(17,18)19/h7-10,12,15,20H,2-6,11H2,1H3. The largest absolute Gasteiger partial charge is 0.416 e. The molecule has 1 nitrogen and oxygen atoms in total. The molecule has 0 aromatic heterocycles. The Bertz CT molecular complexity index is 411. The van der Waals surface area contributed by atoms with Crippen LogP contribution >= 0.6 is 0 Å². The van der Waals surface area contributed by atoms with Crippen LogP contribution in [0.25, 0.3) is 0 Å². The molecule has 2 atom stereocenters. The van der Waals surface area contributed by atoms with Crippen LogP contribution in [0.4, 0.5) is 13.2 Å². The first-order valence-electron chi connectivity index (χ1n) is 7.36. The van der Waals surface area contributed by atoms with Crippen LogP contribution in [0, 0.1) is 5.92 Å². The van der Waals surface area contributed by atoms with Crippen molar-refractivity contribution in [2.45, 2.75) is 57.8 Å².